The van der Waals surface area contributed by atoms with E-state index in [1.165, 1.54) is 6.08 Å². The summed E-state index contributed by atoms with van der Waals surface area (Å²) in [4.78, 5) is 12.4. The lowest BCUT2D eigenvalue weighted by molar-refractivity contribution is 0.104. The predicted octanol–water partition coefficient (Wildman–Crippen LogP) is 4.14. The van der Waals surface area contributed by atoms with Crippen LogP contribution in [0.25, 0.3) is 6.08 Å². The van der Waals surface area contributed by atoms with Crippen LogP contribution in [0, 0.1) is 0 Å². The van der Waals surface area contributed by atoms with Crippen LogP contribution >= 0.6 is 0 Å². The molecule has 0 heterocycles. The average Bonchev–Trinajstić information content (AvgIpc) is 2.65. The highest BCUT2D eigenvalue weighted by Gasteiger charge is 2.07. The van der Waals surface area contributed by atoms with Crippen LogP contribution in [0.3, 0.4) is 0 Å². The van der Waals surface area contributed by atoms with E-state index in [-0.39, 0.29) is 5.78 Å². The first-order valence-electron chi connectivity index (χ1n) is 9.02. The average molecular weight is 404 g/mol. The van der Waals surface area contributed by atoms with Gasteiger partial charge >= 0.3 is 0 Å². The third kappa shape index (κ3) is 6.74. The molecule has 0 radical (unpaired) electrons. The number of ether oxygens (including phenoxy) is 2. The lowest BCUT2D eigenvalue weighted by Crippen LogP contribution is -2.09. The Morgan fingerprint density at radius 1 is 1.04 bits per heavy atom. The Kier molecular flexibility index (Phi) is 7.63. The molecular weight excluding hydrogens is 378 g/mol. The summed E-state index contributed by atoms with van der Waals surface area (Å²) in [7, 11) is -3.35. The number of ketones is 1. The van der Waals surface area contributed by atoms with E-state index in [0.29, 0.717) is 36.0 Å². The summed E-state index contributed by atoms with van der Waals surface area (Å²) in [5, 5.41) is 0. The maximum Gasteiger partial charge on any atom is 0.229 e. The zero-order valence-corrected chi connectivity index (χ0v) is 17.1. The molecule has 28 heavy (non-hydrogen) atoms. The number of sulfonamides is 1. The Balaban J connectivity index is 2.11. The third-order valence-corrected chi connectivity index (χ3v) is 4.24. The predicted molar refractivity (Wildman–Crippen MR) is 112 cm³/mol. The normalized spacial score (nSPS) is 11.4. The second-order valence-corrected chi connectivity index (χ2v) is 7.89. The van der Waals surface area contributed by atoms with E-state index in [9.17, 15) is 13.2 Å². The van der Waals surface area contributed by atoms with E-state index in [1.54, 1.807) is 30.3 Å². The van der Waals surface area contributed by atoms with Crippen molar-refractivity contribution in [2.45, 2.75) is 20.3 Å². The summed E-state index contributed by atoms with van der Waals surface area (Å²) in [5.74, 6) is 1.14. The van der Waals surface area contributed by atoms with Gasteiger partial charge in [-0.1, -0.05) is 19.1 Å². The second-order valence-electron chi connectivity index (χ2n) is 6.14. The molecule has 150 valence electrons. The molecule has 0 spiro atoms. The number of hydrogen-bond acceptors (Lipinski definition) is 5. The maximum atomic E-state index is 12.4. The molecule has 0 aliphatic rings. The standard InChI is InChI=1S/C21H25NO5S/c1-4-14-27-20-13-7-16(15-21(20)26-5-2)6-12-19(23)17-8-10-18(11-9-17)22-28(3,24)25/h6-13,15,22H,4-5,14H2,1-3H3/b12-6+. The Morgan fingerprint density at radius 3 is 2.36 bits per heavy atom. The van der Waals surface area contributed by atoms with Crippen molar-refractivity contribution in [3.05, 3.63) is 59.7 Å². The van der Waals surface area contributed by atoms with Crippen molar-refractivity contribution in [1.82, 2.24) is 0 Å². The van der Waals surface area contributed by atoms with Gasteiger partial charge in [0.15, 0.2) is 17.3 Å². The molecule has 0 aliphatic heterocycles. The van der Waals surface area contributed by atoms with Crippen molar-refractivity contribution < 1.29 is 22.7 Å². The summed E-state index contributed by atoms with van der Waals surface area (Å²) < 4.78 is 36.1. The SMILES string of the molecule is CCCOc1ccc(/C=C/C(=O)c2ccc(NS(C)(=O)=O)cc2)cc1OCC. The smallest absolute Gasteiger partial charge is 0.229 e. The van der Waals surface area contributed by atoms with Gasteiger partial charge in [-0.2, -0.15) is 0 Å². The topological polar surface area (TPSA) is 81.7 Å². The second kappa shape index (κ2) is 9.94. The Hall–Kier alpha value is -2.80. The number of anilines is 1. The summed E-state index contributed by atoms with van der Waals surface area (Å²) in [6.07, 6.45) is 5.15. The fourth-order valence-corrected chi connectivity index (χ4v) is 2.98. The highest BCUT2D eigenvalue weighted by atomic mass is 32.2. The lowest BCUT2D eigenvalue weighted by atomic mass is 10.1. The third-order valence-electron chi connectivity index (χ3n) is 3.63. The molecular formula is C21H25NO5S. The van der Waals surface area contributed by atoms with Crippen LogP contribution in [-0.2, 0) is 10.0 Å². The van der Waals surface area contributed by atoms with Crippen molar-refractivity contribution in [2.24, 2.45) is 0 Å². The van der Waals surface area contributed by atoms with Crippen molar-refractivity contribution >= 4 is 27.6 Å². The number of carbonyl (C=O) groups excluding carboxylic acids is 1. The minimum Gasteiger partial charge on any atom is -0.490 e. The Morgan fingerprint density at radius 2 is 1.75 bits per heavy atom. The lowest BCUT2D eigenvalue weighted by Gasteiger charge is -2.12. The zero-order chi connectivity index (χ0) is 20.6. The fourth-order valence-electron chi connectivity index (χ4n) is 2.41. The highest BCUT2D eigenvalue weighted by Crippen LogP contribution is 2.29. The van der Waals surface area contributed by atoms with Gasteiger partial charge in [0, 0.05) is 11.3 Å². The summed E-state index contributed by atoms with van der Waals surface area (Å²) >= 11 is 0. The van der Waals surface area contributed by atoms with Crippen molar-refractivity contribution in [3.8, 4) is 11.5 Å². The molecule has 0 saturated heterocycles. The van der Waals surface area contributed by atoms with E-state index in [1.807, 2.05) is 32.0 Å². The van der Waals surface area contributed by atoms with E-state index in [0.717, 1.165) is 18.2 Å². The molecule has 0 amide bonds. The monoisotopic (exact) mass is 403 g/mol. The van der Waals surface area contributed by atoms with Crippen LogP contribution in [0.1, 0.15) is 36.2 Å². The number of nitrogens with one attached hydrogen (secondary N) is 1. The molecule has 2 aromatic carbocycles. The van der Waals surface area contributed by atoms with Gasteiger partial charge in [-0.05, 0) is 61.4 Å². The Bertz CT molecular complexity index is 934. The van der Waals surface area contributed by atoms with Crippen LogP contribution in [0.2, 0.25) is 0 Å². The molecule has 0 aliphatic carbocycles. The number of rotatable bonds is 10. The molecule has 6 nitrogen and oxygen atoms in total. The quantitative estimate of drug-likeness (QED) is 0.476. The molecule has 1 N–H and O–H groups in total. The molecule has 0 unspecified atom stereocenters. The largest absolute Gasteiger partial charge is 0.490 e. The number of hydrogen-bond donors (Lipinski definition) is 1. The minimum absolute atomic E-state index is 0.185. The number of allylic oxidation sites excluding steroid dienone is 1. The highest BCUT2D eigenvalue weighted by molar-refractivity contribution is 7.92. The molecule has 0 saturated carbocycles. The minimum atomic E-state index is -3.35. The van der Waals surface area contributed by atoms with Crippen molar-refractivity contribution in [1.29, 1.82) is 0 Å². The first kappa shape index (κ1) is 21.5. The van der Waals surface area contributed by atoms with Gasteiger partial charge in [-0.15, -0.1) is 0 Å². The molecule has 7 heteroatoms. The van der Waals surface area contributed by atoms with Gasteiger partial charge in [0.25, 0.3) is 0 Å². The zero-order valence-electron chi connectivity index (χ0n) is 16.3. The number of benzene rings is 2. The summed E-state index contributed by atoms with van der Waals surface area (Å²) in [6, 6.07) is 11.8. The van der Waals surface area contributed by atoms with Gasteiger partial charge in [-0.25, -0.2) is 8.42 Å². The van der Waals surface area contributed by atoms with Gasteiger partial charge in [0.05, 0.1) is 19.5 Å². The van der Waals surface area contributed by atoms with Gasteiger partial charge in [-0.3, -0.25) is 9.52 Å². The summed E-state index contributed by atoms with van der Waals surface area (Å²) in [6.45, 7) is 5.06. The number of carbonyl (C=O) groups is 1. The van der Waals surface area contributed by atoms with Gasteiger partial charge in [0.1, 0.15) is 0 Å². The first-order valence-corrected chi connectivity index (χ1v) is 10.9. The van der Waals surface area contributed by atoms with Crippen molar-refractivity contribution in [3.63, 3.8) is 0 Å². The van der Waals surface area contributed by atoms with E-state index >= 15 is 0 Å². The van der Waals surface area contributed by atoms with Gasteiger partial charge in [0.2, 0.25) is 10.0 Å². The molecule has 0 bridgehead atoms. The molecule has 0 aromatic heterocycles. The van der Waals surface area contributed by atoms with Gasteiger partial charge < -0.3 is 9.47 Å². The first-order chi connectivity index (χ1) is 13.3. The van der Waals surface area contributed by atoms with Crippen LogP contribution in [0.4, 0.5) is 5.69 Å². The van der Waals surface area contributed by atoms with E-state index in [2.05, 4.69) is 4.72 Å². The van der Waals surface area contributed by atoms with Crippen LogP contribution < -0.4 is 14.2 Å². The molecule has 2 rings (SSSR count). The van der Waals surface area contributed by atoms with E-state index in [4.69, 9.17) is 9.47 Å². The Labute approximate surface area is 166 Å². The molecule has 0 fully saturated rings. The van der Waals surface area contributed by atoms with Crippen LogP contribution in [0.5, 0.6) is 11.5 Å². The van der Waals surface area contributed by atoms with Crippen LogP contribution in [0.15, 0.2) is 48.5 Å². The van der Waals surface area contributed by atoms with E-state index < -0.39 is 10.0 Å². The van der Waals surface area contributed by atoms with Crippen molar-refractivity contribution in [2.75, 3.05) is 24.2 Å². The summed E-state index contributed by atoms with van der Waals surface area (Å²) in [5.41, 5.74) is 1.69. The molecule has 0 atom stereocenters. The fraction of sp³-hybridized carbons (Fsp3) is 0.286. The molecule has 2 aromatic rings. The van der Waals surface area contributed by atoms with Crippen LogP contribution in [-0.4, -0.2) is 33.7 Å². The maximum absolute atomic E-state index is 12.4.